The largest absolute Gasteiger partial charge is 0.382 e. The van der Waals surface area contributed by atoms with Crippen LogP contribution in [0.3, 0.4) is 0 Å². The lowest BCUT2D eigenvalue weighted by Crippen LogP contribution is -2.02. The minimum absolute atomic E-state index is 0.00540. The fraction of sp³-hybridized carbons (Fsp3) is 1.00. The zero-order valence-corrected chi connectivity index (χ0v) is 7.41. The van der Waals surface area contributed by atoms with Gasteiger partial charge < -0.3 is 4.74 Å². The standard InChI is InChI=1S/C5H11ClO3S/c1-2-9-4-3-5-10(6,7)8/h2-5H2,1H3. The van der Waals surface area contributed by atoms with Crippen molar-refractivity contribution < 1.29 is 13.2 Å². The van der Waals surface area contributed by atoms with E-state index in [4.69, 9.17) is 15.4 Å². The molecule has 0 saturated carbocycles. The second kappa shape index (κ2) is 4.93. The SMILES string of the molecule is CCOCCCS(=O)(=O)Cl. The van der Waals surface area contributed by atoms with E-state index in [0.717, 1.165) is 0 Å². The second-order valence-corrected chi connectivity index (χ2v) is 4.69. The second-order valence-electron chi connectivity index (χ2n) is 1.79. The molecule has 62 valence electrons. The fourth-order valence-corrected chi connectivity index (χ4v) is 1.27. The summed E-state index contributed by atoms with van der Waals surface area (Å²) in [4.78, 5) is 0. The van der Waals surface area contributed by atoms with E-state index in [1.165, 1.54) is 0 Å². The molecule has 0 bridgehead atoms. The minimum atomic E-state index is -3.31. The molecule has 0 aromatic heterocycles. The highest BCUT2D eigenvalue weighted by molar-refractivity contribution is 8.13. The molecule has 0 aliphatic heterocycles. The van der Waals surface area contributed by atoms with Crippen molar-refractivity contribution in [3.8, 4) is 0 Å². The summed E-state index contributed by atoms with van der Waals surface area (Å²) in [5.41, 5.74) is 0. The van der Waals surface area contributed by atoms with E-state index in [-0.39, 0.29) is 5.75 Å². The number of rotatable bonds is 5. The third-order valence-electron chi connectivity index (χ3n) is 0.881. The fourth-order valence-electron chi connectivity index (χ4n) is 0.478. The lowest BCUT2D eigenvalue weighted by Gasteiger charge is -1.97. The molecule has 0 aromatic carbocycles. The number of halogens is 1. The van der Waals surface area contributed by atoms with E-state index in [9.17, 15) is 8.42 Å². The maximum absolute atomic E-state index is 10.3. The Labute approximate surface area is 65.7 Å². The van der Waals surface area contributed by atoms with Crippen molar-refractivity contribution in [3.05, 3.63) is 0 Å². The maximum atomic E-state index is 10.3. The van der Waals surface area contributed by atoms with Crippen LogP contribution < -0.4 is 0 Å². The Kier molecular flexibility index (Phi) is 5.03. The molecule has 0 atom stereocenters. The summed E-state index contributed by atoms with van der Waals surface area (Å²) in [6, 6.07) is 0. The summed E-state index contributed by atoms with van der Waals surface area (Å²) in [6.45, 7) is 2.93. The van der Waals surface area contributed by atoms with Crippen molar-refractivity contribution in [2.45, 2.75) is 13.3 Å². The zero-order chi connectivity index (χ0) is 8.04. The van der Waals surface area contributed by atoms with E-state index in [1.807, 2.05) is 6.92 Å². The topological polar surface area (TPSA) is 43.4 Å². The Morgan fingerprint density at radius 2 is 2.10 bits per heavy atom. The highest BCUT2D eigenvalue weighted by atomic mass is 35.7. The van der Waals surface area contributed by atoms with Gasteiger partial charge in [-0.25, -0.2) is 8.42 Å². The van der Waals surface area contributed by atoms with Gasteiger partial charge in [-0.05, 0) is 13.3 Å². The smallest absolute Gasteiger partial charge is 0.232 e. The van der Waals surface area contributed by atoms with Gasteiger partial charge in [0, 0.05) is 23.9 Å². The number of hydrogen-bond acceptors (Lipinski definition) is 3. The first kappa shape index (κ1) is 10.2. The van der Waals surface area contributed by atoms with E-state index in [2.05, 4.69) is 0 Å². The highest BCUT2D eigenvalue weighted by Crippen LogP contribution is 1.98. The van der Waals surface area contributed by atoms with Gasteiger partial charge in [-0.3, -0.25) is 0 Å². The molecule has 10 heavy (non-hydrogen) atoms. The maximum Gasteiger partial charge on any atom is 0.232 e. The zero-order valence-electron chi connectivity index (χ0n) is 5.84. The van der Waals surface area contributed by atoms with Crippen molar-refractivity contribution in [3.63, 3.8) is 0 Å². The molecule has 0 heterocycles. The third kappa shape index (κ3) is 8.20. The Morgan fingerprint density at radius 3 is 2.50 bits per heavy atom. The summed E-state index contributed by atoms with van der Waals surface area (Å²) in [5.74, 6) is -0.00540. The molecule has 5 heteroatoms. The molecule has 0 rings (SSSR count). The van der Waals surface area contributed by atoms with Crippen LogP contribution in [-0.2, 0) is 13.8 Å². The van der Waals surface area contributed by atoms with Gasteiger partial charge in [0.25, 0.3) is 0 Å². The van der Waals surface area contributed by atoms with Gasteiger partial charge in [0.05, 0.1) is 5.75 Å². The van der Waals surface area contributed by atoms with Crippen LogP contribution in [0.4, 0.5) is 0 Å². The van der Waals surface area contributed by atoms with Crippen LogP contribution in [0.1, 0.15) is 13.3 Å². The Morgan fingerprint density at radius 1 is 1.50 bits per heavy atom. The van der Waals surface area contributed by atoms with Crippen molar-refractivity contribution in [2.24, 2.45) is 0 Å². The molecule has 0 unspecified atom stereocenters. The van der Waals surface area contributed by atoms with Gasteiger partial charge in [-0.2, -0.15) is 0 Å². The quantitative estimate of drug-likeness (QED) is 0.475. The average Bonchev–Trinajstić information content (AvgIpc) is 1.78. The van der Waals surface area contributed by atoms with Crippen LogP contribution in [0.15, 0.2) is 0 Å². The normalized spacial score (nSPS) is 11.8. The summed E-state index contributed by atoms with van der Waals surface area (Å²) < 4.78 is 25.5. The van der Waals surface area contributed by atoms with Crippen molar-refractivity contribution >= 4 is 19.7 Å². The van der Waals surface area contributed by atoms with Crippen LogP contribution in [0.5, 0.6) is 0 Å². The molecular weight excluding hydrogens is 176 g/mol. The Bertz CT molecular complexity index is 164. The van der Waals surface area contributed by atoms with Crippen molar-refractivity contribution in [1.29, 1.82) is 0 Å². The van der Waals surface area contributed by atoms with Gasteiger partial charge in [0.1, 0.15) is 0 Å². The van der Waals surface area contributed by atoms with E-state index >= 15 is 0 Å². The van der Waals surface area contributed by atoms with Gasteiger partial charge in [0.15, 0.2) is 0 Å². The highest BCUT2D eigenvalue weighted by Gasteiger charge is 2.02. The van der Waals surface area contributed by atoms with Gasteiger partial charge in [-0.15, -0.1) is 0 Å². The molecule has 0 radical (unpaired) electrons. The van der Waals surface area contributed by atoms with Crippen LogP contribution in [0, 0.1) is 0 Å². The third-order valence-corrected chi connectivity index (χ3v) is 2.12. The van der Waals surface area contributed by atoms with Gasteiger partial charge in [-0.1, -0.05) is 0 Å². The lowest BCUT2D eigenvalue weighted by atomic mass is 10.5. The van der Waals surface area contributed by atoms with Crippen LogP contribution >= 0.6 is 10.7 Å². The van der Waals surface area contributed by atoms with E-state index in [1.54, 1.807) is 0 Å². The van der Waals surface area contributed by atoms with Crippen molar-refractivity contribution in [1.82, 2.24) is 0 Å². The summed E-state index contributed by atoms with van der Waals surface area (Å²) in [6.07, 6.45) is 0.472. The molecule has 0 saturated heterocycles. The lowest BCUT2D eigenvalue weighted by molar-refractivity contribution is 0.149. The molecule has 3 nitrogen and oxygen atoms in total. The molecule has 0 spiro atoms. The first-order valence-corrected chi connectivity index (χ1v) is 5.54. The minimum Gasteiger partial charge on any atom is -0.382 e. The Balaban J connectivity index is 3.21. The molecule has 0 aliphatic carbocycles. The number of hydrogen-bond donors (Lipinski definition) is 0. The summed E-state index contributed by atoms with van der Waals surface area (Å²) >= 11 is 0. The van der Waals surface area contributed by atoms with Gasteiger partial charge >= 0.3 is 0 Å². The van der Waals surface area contributed by atoms with Crippen molar-refractivity contribution in [2.75, 3.05) is 19.0 Å². The monoisotopic (exact) mass is 186 g/mol. The predicted octanol–water partition coefficient (Wildman–Crippen LogP) is 0.982. The molecule has 0 aliphatic rings. The first-order chi connectivity index (χ1) is 4.56. The molecule has 0 fully saturated rings. The summed E-state index contributed by atoms with van der Waals surface area (Å²) in [7, 11) is 1.62. The predicted molar refractivity (Wildman–Crippen MR) is 40.7 cm³/mol. The molecular formula is C5H11ClO3S. The number of ether oxygens (including phenoxy) is 1. The van der Waals surface area contributed by atoms with Crippen LogP contribution in [0.2, 0.25) is 0 Å². The van der Waals surface area contributed by atoms with Crippen LogP contribution in [0.25, 0.3) is 0 Å². The molecule has 0 amide bonds. The first-order valence-electron chi connectivity index (χ1n) is 3.06. The summed E-state index contributed by atoms with van der Waals surface area (Å²) in [5, 5.41) is 0. The van der Waals surface area contributed by atoms with Gasteiger partial charge in [0.2, 0.25) is 9.05 Å². The Hall–Kier alpha value is 0.200. The molecule has 0 aromatic rings. The van der Waals surface area contributed by atoms with Crippen LogP contribution in [-0.4, -0.2) is 27.4 Å². The average molecular weight is 187 g/mol. The van der Waals surface area contributed by atoms with E-state index < -0.39 is 9.05 Å². The molecule has 0 N–H and O–H groups in total. The van der Waals surface area contributed by atoms with E-state index in [0.29, 0.717) is 19.6 Å².